The van der Waals surface area contributed by atoms with E-state index in [2.05, 4.69) is 19.1 Å². The third-order valence-electron chi connectivity index (χ3n) is 0.940. The summed E-state index contributed by atoms with van der Waals surface area (Å²) < 4.78 is 0. The summed E-state index contributed by atoms with van der Waals surface area (Å²) in [4.78, 5) is 0. The summed E-state index contributed by atoms with van der Waals surface area (Å²) in [6, 6.07) is 10.3. The van der Waals surface area contributed by atoms with Gasteiger partial charge in [0.2, 0.25) is 0 Å². The second-order valence-corrected chi connectivity index (χ2v) is 1.65. The van der Waals surface area contributed by atoms with Crippen molar-refractivity contribution < 1.29 is 541 Å². The molecular weight excluding hydrogens is 555 g/mol. The van der Waals surface area contributed by atoms with Gasteiger partial charge in [0, 0.05) is 0 Å². The van der Waals surface area contributed by atoms with E-state index in [-0.39, 0.29) is 541 Å². The number of hydrogen-bond donors (Lipinski definition) is 0. The molecule has 0 amide bonds. The first-order valence-electron chi connectivity index (χ1n) is 2.41. The molecule has 0 radical (unpaired) electrons. The zero-order valence-electron chi connectivity index (χ0n) is 16.4. The smallest absolute Gasteiger partial charge is 1.00 e. The topological polar surface area (TPSA) is 142 Å². The van der Waals surface area contributed by atoms with Crippen LogP contribution in [0.1, 0.15) is 5.56 Å². The van der Waals surface area contributed by atoms with E-state index in [0.29, 0.717) is 0 Å². The van der Waals surface area contributed by atoms with Crippen LogP contribution in [0.5, 0.6) is 0 Å². The van der Waals surface area contributed by atoms with Crippen LogP contribution >= 0.6 is 0 Å². The Morgan fingerprint density at radius 1 is 0.409 bits per heavy atom. The van der Waals surface area contributed by atoms with Gasteiger partial charge in [-0.3, -0.25) is 0 Å². The van der Waals surface area contributed by atoms with E-state index in [1.54, 1.807) is 0 Å². The van der Waals surface area contributed by atoms with Gasteiger partial charge in [0.1, 0.15) is 0 Å². The number of aryl methyl sites for hydroxylation is 1. The summed E-state index contributed by atoms with van der Waals surface area (Å²) in [6.07, 6.45) is 0. The van der Waals surface area contributed by atoms with Crippen molar-refractivity contribution in [1.29, 1.82) is 0 Å². The van der Waals surface area contributed by atoms with E-state index in [1.165, 1.54) is 5.56 Å². The van der Waals surface area contributed by atoms with E-state index < -0.39 is 0 Å². The van der Waals surface area contributed by atoms with Crippen LogP contribution in [-0.4, -0.2) is 0 Å². The maximum atomic E-state index is 2.08. The Bertz CT molecular complexity index is 164. The maximum absolute atomic E-state index is 2.08. The van der Waals surface area contributed by atoms with E-state index in [9.17, 15) is 0 Å². The van der Waals surface area contributed by atoms with Crippen molar-refractivity contribution >= 4 is 0 Å². The van der Waals surface area contributed by atoms with Crippen molar-refractivity contribution in [3.05, 3.63) is 35.9 Å². The van der Waals surface area contributed by atoms with Crippen LogP contribution in [0.2, 0.25) is 0 Å². The average molecular weight is 563 g/mol. The molecule has 0 aromatic heterocycles. The molecule has 22 heavy (non-hydrogen) atoms. The van der Waals surface area contributed by atoms with Gasteiger partial charge < -0.3 is 27.4 Å². The van der Waals surface area contributed by atoms with Gasteiger partial charge in [-0.1, -0.05) is 35.9 Å². The Morgan fingerprint density at radius 2 is 0.591 bits per heavy atom. The minimum atomic E-state index is 0. The third kappa shape index (κ3) is 76.5. The Labute approximate surface area is 560 Å². The van der Waals surface area contributed by atoms with E-state index >= 15 is 0 Å². The predicted octanol–water partition coefficient (Wildman–Crippen LogP) is -28.6. The molecule has 0 aliphatic carbocycles. The Hall–Kier alpha value is 15.4. The minimum Gasteiger partial charge on any atom is -2.00 e. The van der Waals surface area contributed by atoms with Crippen molar-refractivity contribution in [3.63, 3.8) is 0 Å². The van der Waals surface area contributed by atoms with Gasteiger partial charge in [0.15, 0.2) is 0 Å². The molecule has 76 valence electrons. The molecule has 1 rings (SSSR count). The fraction of sp³-hybridized carbons (Fsp3) is 0.143. The first-order chi connectivity index (χ1) is 3.39. The van der Waals surface area contributed by atoms with Crippen LogP contribution < -0.4 is 514 Å². The van der Waals surface area contributed by atoms with Crippen molar-refractivity contribution in [2.75, 3.05) is 0 Å². The summed E-state index contributed by atoms with van der Waals surface area (Å²) in [7, 11) is 0. The number of rotatable bonds is 0. The summed E-state index contributed by atoms with van der Waals surface area (Å²) in [5.41, 5.74) is 1.32. The van der Waals surface area contributed by atoms with Gasteiger partial charge in [0.05, 0.1) is 0 Å². The van der Waals surface area contributed by atoms with Gasteiger partial charge in [-0.05, 0) is 6.92 Å². The molecule has 0 unspecified atom stereocenters. The largest absolute Gasteiger partial charge is 2.00 e. The van der Waals surface area contributed by atoms with Crippen molar-refractivity contribution in [3.8, 4) is 0 Å². The van der Waals surface area contributed by atoms with Crippen molar-refractivity contribution in [2.24, 2.45) is 0 Å². The standard InChI is InChI=1S/C7H8.10K.5O/c1-7-5-3-2-4-6-7;;;;;;;;;;;;;;;/h2-6H,1H3;;;;;;;;;;;;;;;/q;10*+1;5*-2. The van der Waals surface area contributed by atoms with E-state index in [1.807, 2.05) is 18.2 Å². The Balaban J connectivity index is -0.00000000251. The first kappa shape index (κ1) is 98.8. The monoisotopic (exact) mass is 562 g/mol. The molecule has 5 nitrogen and oxygen atoms in total. The molecule has 0 atom stereocenters. The van der Waals surface area contributed by atoms with Gasteiger partial charge in [-0.2, -0.15) is 0 Å². The number of benzene rings is 1. The zero-order chi connectivity index (χ0) is 5.11. The second-order valence-electron chi connectivity index (χ2n) is 1.65. The molecule has 0 saturated heterocycles. The van der Waals surface area contributed by atoms with Gasteiger partial charge in [0.25, 0.3) is 0 Å². The van der Waals surface area contributed by atoms with Gasteiger partial charge in [-0.15, -0.1) is 0 Å². The maximum Gasteiger partial charge on any atom is 1.00 e. The molecule has 1 aromatic carbocycles. The molecule has 0 saturated carbocycles. The van der Waals surface area contributed by atoms with Crippen LogP contribution in [0.25, 0.3) is 0 Å². The van der Waals surface area contributed by atoms with Crippen LogP contribution in [0.3, 0.4) is 0 Å². The van der Waals surface area contributed by atoms with Crippen molar-refractivity contribution in [2.45, 2.75) is 6.92 Å². The molecule has 0 aliphatic heterocycles. The molecule has 0 bridgehead atoms. The Morgan fingerprint density at radius 3 is 0.682 bits per heavy atom. The summed E-state index contributed by atoms with van der Waals surface area (Å²) >= 11 is 0. The van der Waals surface area contributed by atoms with Gasteiger partial charge >= 0.3 is 514 Å². The predicted molar refractivity (Wildman–Crippen MR) is 34.6 cm³/mol. The average Bonchev–Trinajstić information content (AvgIpc) is 1.69. The molecule has 0 fully saturated rings. The summed E-state index contributed by atoms with van der Waals surface area (Å²) in [5.74, 6) is 0. The third-order valence-corrected chi connectivity index (χ3v) is 0.940. The molecule has 0 heterocycles. The fourth-order valence-electron chi connectivity index (χ4n) is 0.534. The van der Waals surface area contributed by atoms with E-state index in [0.717, 1.165) is 0 Å². The summed E-state index contributed by atoms with van der Waals surface area (Å²) in [5, 5.41) is 0. The quantitative estimate of drug-likeness (QED) is 0.277. The molecule has 0 aliphatic rings. The van der Waals surface area contributed by atoms with E-state index in [4.69, 9.17) is 0 Å². The zero-order valence-corrected chi connectivity index (χ0v) is 47.7. The molecule has 1 aromatic rings. The van der Waals surface area contributed by atoms with Crippen LogP contribution in [0.15, 0.2) is 30.3 Å². The first-order valence-corrected chi connectivity index (χ1v) is 2.41. The Kier molecular flexibility index (Phi) is 374. The van der Waals surface area contributed by atoms with Crippen LogP contribution in [0, 0.1) is 6.92 Å². The second kappa shape index (κ2) is 83.3. The van der Waals surface area contributed by atoms with Crippen LogP contribution in [0.4, 0.5) is 0 Å². The normalized spacial score (nSPS) is 2.77. The van der Waals surface area contributed by atoms with Crippen LogP contribution in [-0.2, 0) is 27.4 Å². The molecular formula is C7H8K10O5. The molecule has 15 heteroatoms. The molecule has 0 N–H and O–H groups in total. The van der Waals surface area contributed by atoms with Crippen molar-refractivity contribution in [1.82, 2.24) is 0 Å². The SMILES string of the molecule is Cc1ccccc1.[K+].[K+].[K+].[K+].[K+].[K+].[K+].[K+].[K+].[K+].[O-2].[O-2].[O-2].[O-2].[O-2]. The van der Waals surface area contributed by atoms with Gasteiger partial charge in [-0.25, -0.2) is 0 Å². The minimum absolute atomic E-state index is 0. The summed E-state index contributed by atoms with van der Waals surface area (Å²) in [6.45, 7) is 2.08. The molecule has 0 spiro atoms. The fourth-order valence-corrected chi connectivity index (χ4v) is 0.534. The number of hydrogen-bond acceptors (Lipinski definition) is 0.